The standard InChI is InChI=1S/C23H17FN4O2S/c24-18-10-8-17(9-11-18)21(30)27-22-20(16-4-2-1-3-5-16)26-23(31-22)28-25-14-15-6-12-19(29)13-7-15/h1-14,29H,(H,26,28)(H,27,30)/b25-14+. The lowest BCUT2D eigenvalue weighted by Crippen LogP contribution is -2.11. The molecule has 0 unspecified atom stereocenters. The maximum atomic E-state index is 13.2. The van der Waals surface area contributed by atoms with Gasteiger partial charge in [0.25, 0.3) is 5.91 Å². The van der Waals surface area contributed by atoms with Gasteiger partial charge in [0.2, 0.25) is 5.13 Å². The van der Waals surface area contributed by atoms with Crippen LogP contribution in [0.25, 0.3) is 11.3 Å². The van der Waals surface area contributed by atoms with Crippen molar-refractivity contribution in [3.63, 3.8) is 0 Å². The zero-order valence-corrected chi connectivity index (χ0v) is 16.9. The fourth-order valence-electron chi connectivity index (χ4n) is 2.74. The first-order valence-electron chi connectivity index (χ1n) is 9.30. The van der Waals surface area contributed by atoms with Gasteiger partial charge in [-0.1, -0.05) is 41.7 Å². The van der Waals surface area contributed by atoms with Crippen LogP contribution in [0.5, 0.6) is 5.75 Å². The van der Waals surface area contributed by atoms with Crippen LogP contribution in [0.1, 0.15) is 15.9 Å². The van der Waals surface area contributed by atoms with Gasteiger partial charge in [-0.15, -0.1) is 0 Å². The maximum absolute atomic E-state index is 13.2. The van der Waals surface area contributed by atoms with E-state index in [4.69, 9.17) is 0 Å². The van der Waals surface area contributed by atoms with Gasteiger partial charge >= 0.3 is 0 Å². The van der Waals surface area contributed by atoms with Crippen molar-refractivity contribution in [2.75, 3.05) is 10.7 Å². The SMILES string of the molecule is O=C(Nc1sc(N/N=C/c2ccc(O)cc2)nc1-c1ccccc1)c1ccc(F)cc1. The second kappa shape index (κ2) is 9.19. The molecule has 0 aliphatic rings. The lowest BCUT2D eigenvalue weighted by molar-refractivity contribution is 0.102. The molecule has 3 N–H and O–H groups in total. The molecule has 0 atom stereocenters. The Morgan fingerprint density at radius 3 is 2.42 bits per heavy atom. The molecule has 4 aromatic rings. The lowest BCUT2D eigenvalue weighted by atomic mass is 10.1. The smallest absolute Gasteiger partial charge is 0.256 e. The van der Waals surface area contributed by atoms with Gasteiger partial charge in [0.15, 0.2) is 0 Å². The first-order valence-corrected chi connectivity index (χ1v) is 10.1. The van der Waals surface area contributed by atoms with Crippen LogP contribution in [0, 0.1) is 5.82 Å². The highest BCUT2D eigenvalue weighted by Crippen LogP contribution is 2.36. The van der Waals surface area contributed by atoms with Crippen molar-refractivity contribution in [2.45, 2.75) is 0 Å². The number of phenols is 1. The van der Waals surface area contributed by atoms with Crippen molar-refractivity contribution in [2.24, 2.45) is 5.10 Å². The monoisotopic (exact) mass is 432 g/mol. The number of amides is 1. The number of aromatic nitrogens is 1. The number of carbonyl (C=O) groups is 1. The second-order valence-corrected chi connectivity index (χ2v) is 7.48. The highest BCUT2D eigenvalue weighted by Gasteiger charge is 2.16. The summed E-state index contributed by atoms with van der Waals surface area (Å²) in [6.45, 7) is 0. The molecule has 0 radical (unpaired) electrons. The molecule has 0 bridgehead atoms. The summed E-state index contributed by atoms with van der Waals surface area (Å²) in [5.41, 5.74) is 5.45. The van der Waals surface area contributed by atoms with Crippen LogP contribution in [-0.2, 0) is 0 Å². The number of nitrogens with zero attached hydrogens (tertiary/aromatic N) is 2. The summed E-state index contributed by atoms with van der Waals surface area (Å²) in [6.07, 6.45) is 1.60. The summed E-state index contributed by atoms with van der Waals surface area (Å²) >= 11 is 1.24. The first kappa shape index (κ1) is 20.2. The number of phenolic OH excluding ortho intramolecular Hbond substituents is 1. The summed E-state index contributed by atoms with van der Waals surface area (Å²) < 4.78 is 13.2. The summed E-state index contributed by atoms with van der Waals surface area (Å²) in [4.78, 5) is 17.2. The van der Waals surface area contributed by atoms with Crippen molar-refractivity contribution in [1.29, 1.82) is 0 Å². The molecule has 31 heavy (non-hydrogen) atoms. The minimum atomic E-state index is -0.405. The Morgan fingerprint density at radius 1 is 1.00 bits per heavy atom. The molecule has 4 rings (SSSR count). The van der Waals surface area contributed by atoms with E-state index in [-0.39, 0.29) is 11.7 Å². The predicted octanol–water partition coefficient (Wildman–Crippen LogP) is 5.35. The van der Waals surface area contributed by atoms with Gasteiger partial charge in [0.05, 0.1) is 6.21 Å². The number of hydrazone groups is 1. The summed E-state index contributed by atoms with van der Waals surface area (Å²) in [6, 6.07) is 21.4. The molecule has 1 aromatic heterocycles. The number of nitrogens with one attached hydrogen (secondary N) is 2. The normalized spacial score (nSPS) is 10.9. The van der Waals surface area contributed by atoms with Crippen molar-refractivity contribution >= 4 is 33.6 Å². The fourth-order valence-corrected chi connectivity index (χ4v) is 3.58. The van der Waals surface area contributed by atoms with Crippen LogP contribution in [0.15, 0.2) is 84.0 Å². The van der Waals surface area contributed by atoms with E-state index in [1.165, 1.54) is 35.6 Å². The highest BCUT2D eigenvalue weighted by molar-refractivity contribution is 7.20. The summed E-state index contributed by atoms with van der Waals surface area (Å²) in [7, 11) is 0. The van der Waals surface area contributed by atoms with E-state index < -0.39 is 5.82 Å². The van der Waals surface area contributed by atoms with Gasteiger partial charge < -0.3 is 10.4 Å². The van der Waals surface area contributed by atoms with Crippen LogP contribution >= 0.6 is 11.3 Å². The molecule has 0 aliphatic heterocycles. The second-order valence-electron chi connectivity index (χ2n) is 6.49. The Morgan fingerprint density at radius 2 is 1.71 bits per heavy atom. The zero-order valence-electron chi connectivity index (χ0n) is 16.1. The van der Waals surface area contributed by atoms with Crippen LogP contribution in [0.4, 0.5) is 14.5 Å². The minimum Gasteiger partial charge on any atom is -0.508 e. The van der Waals surface area contributed by atoms with Gasteiger partial charge in [0, 0.05) is 11.1 Å². The number of carbonyl (C=O) groups excluding carboxylic acids is 1. The molecule has 3 aromatic carbocycles. The molecule has 154 valence electrons. The largest absolute Gasteiger partial charge is 0.508 e. The Kier molecular flexibility index (Phi) is 6.00. The maximum Gasteiger partial charge on any atom is 0.256 e. The Balaban J connectivity index is 1.57. The molecule has 0 saturated carbocycles. The average molecular weight is 432 g/mol. The number of anilines is 2. The van der Waals surface area contributed by atoms with Crippen LogP contribution in [0.2, 0.25) is 0 Å². The number of benzene rings is 3. The highest BCUT2D eigenvalue weighted by atomic mass is 32.1. The van der Waals surface area contributed by atoms with Crippen LogP contribution in [-0.4, -0.2) is 22.2 Å². The molecular formula is C23H17FN4O2S. The number of hydrogen-bond donors (Lipinski definition) is 3. The van der Waals surface area contributed by atoms with Crippen LogP contribution in [0.3, 0.4) is 0 Å². The molecule has 8 heteroatoms. The Labute approximate surface area is 181 Å². The molecular weight excluding hydrogens is 415 g/mol. The van der Waals surface area contributed by atoms with Crippen molar-refractivity contribution in [1.82, 2.24) is 4.98 Å². The van der Waals surface area contributed by atoms with Gasteiger partial charge in [-0.25, -0.2) is 9.37 Å². The third-order valence-corrected chi connectivity index (χ3v) is 5.15. The van der Waals surface area contributed by atoms with E-state index in [1.54, 1.807) is 30.5 Å². The van der Waals surface area contributed by atoms with E-state index in [0.717, 1.165) is 11.1 Å². The third-order valence-electron chi connectivity index (χ3n) is 4.27. The molecule has 0 saturated heterocycles. The minimum absolute atomic E-state index is 0.180. The molecule has 1 amide bonds. The number of thiazole rings is 1. The topological polar surface area (TPSA) is 86.6 Å². The summed E-state index contributed by atoms with van der Waals surface area (Å²) in [5, 5.41) is 17.4. The van der Waals surface area contributed by atoms with Crippen LogP contribution < -0.4 is 10.7 Å². The predicted molar refractivity (Wildman–Crippen MR) is 121 cm³/mol. The Hall–Kier alpha value is -4.04. The van der Waals surface area contributed by atoms with Crippen molar-refractivity contribution in [3.8, 4) is 17.0 Å². The van der Waals surface area contributed by atoms with Crippen molar-refractivity contribution in [3.05, 3.63) is 95.8 Å². The number of hydrogen-bond acceptors (Lipinski definition) is 6. The first-order chi connectivity index (χ1) is 15.1. The molecule has 0 aliphatic carbocycles. The number of rotatable bonds is 6. The molecule has 6 nitrogen and oxygen atoms in total. The van der Waals surface area contributed by atoms with E-state index in [2.05, 4.69) is 20.8 Å². The summed E-state index contributed by atoms with van der Waals surface area (Å²) in [5.74, 6) is -0.587. The number of aromatic hydroxyl groups is 1. The number of halogens is 1. The fraction of sp³-hybridized carbons (Fsp3) is 0. The molecule has 0 spiro atoms. The molecule has 1 heterocycles. The average Bonchev–Trinajstić information content (AvgIpc) is 3.18. The Bertz CT molecular complexity index is 1210. The van der Waals surface area contributed by atoms with E-state index in [1.807, 2.05) is 30.3 Å². The zero-order chi connectivity index (χ0) is 21.6. The van der Waals surface area contributed by atoms with E-state index in [9.17, 15) is 14.3 Å². The quantitative estimate of drug-likeness (QED) is 0.283. The lowest BCUT2D eigenvalue weighted by Gasteiger charge is -2.05. The van der Waals surface area contributed by atoms with Gasteiger partial charge in [0.1, 0.15) is 22.3 Å². The van der Waals surface area contributed by atoms with Gasteiger partial charge in [-0.05, 0) is 54.1 Å². The van der Waals surface area contributed by atoms with Gasteiger partial charge in [-0.3, -0.25) is 10.2 Å². The van der Waals surface area contributed by atoms with Gasteiger partial charge in [-0.2, -0.15) is 5.10 Å². The third kappa shape index (κ3) is 5.12. The molecule has 0 fully saturated rings. The van der Waals surface area contributed by atoms with E-state index in [0.29, 0.717) is 21.4 Å². The van der Waals surface area contributed by atoms with E-state index >= 15 is 0 Å². The van der Waals surface area contributed by atoms with Crippen molar-refractivity contribution < 1.29 is 14.3 Å².